The Balaban J connectivity index is 3.56. The third-order valence-electron chi connectivity index (χ3n) is 7.20. The van der Waals surface area contributed by atoms with E-state index in [1.807, 2.05) is 0 Å². The second-order valence-corrected chi connectivity index (χ2v) is 10.5. The predicted octanol–water partition coefficient (Wildman–Crippen LogP) is 11.3. The first-order valence-corrected chi connectivity index (χ1v) is 15.5. The van der Waals surface area contributed by atoms with E-state index in [0.717, 1.165) is 24.8 Å². The van der Waals surface area contributed by atoms with Crippen LogP contribution >= 0.6 is 0 Å². The fraction of sp³-hybridized carbons (Fsp3) is 0.906. The Kier molecular flexibility index (Phi) is 27.8. The van der Waals surface area contributed by atoms with Gasteiger partial charge >= 0.3 is 5.97 Å². The molecule has 0 aliphatic carbocycles. The summed E-state index contributed by atoms with van der Waals surface area (Å²) >= 11 is 0. The van der Waals surface area contributed by atoms with E-state index < -0.39 is 0 Å². The lowest BCUT2D eigenvalue weighted by molar-refractivity contribution is -0.136. The van der Waals surface area contributed by atoms with Crippen molar-refractivity contribution in [3.8, 4) is 0 Å². The first kappa shape index (κ1) is 33.2. The van der Waals surface area contributed by atoms with Gasteiger partial charge in [-0.1, -0.05) is 161 Å². The maximum Gasteiger partial charge on any atom is 0.333 e. The van der Waals surface area contributed by atoms with Crippen LogP contribution in [0.1, 0.15) is 181 Å². The Morgan fingerprint density at radius 1 is 0.500 bits per heavy atom. The second kappa shape index (κ2) is 28.4. The zero-order valence-corrected chi connectivity index (χ0v) is 23.8. The van der Waals surface area contributed by atoms with Gasteiger partial charge in [-0.2, -0.15) is 0 Å². The van der Waals surface area contributed by atoms with Crippen LogP contribution in [0.25, 0.3) is 0 Å². The summed E-state index contributed by atoms with van der Waals surface area (Å²) in [6.07, 6.45) is 36.9. The highest BCUT2D eigenvalue weighted by molar-refractivity contribution is 5.88. The van der Waals surface area contributed by atoms with Gasteiger partial charge in [-0.15, -0.1) is 0 Å². The number of unbranched alkanes of at least 4 members (excludes halogenated alkanes) is 23. The van der Waals surface area contributed by atoms with E-state index in [1.54, 1.807) is 0 Å². The van der Waals surface area contributed by atoms with Crippen LogP contribution in [0.2, 0.25) is 0 Å². The molecule has 0 fully saturated rings. The molecule has 0 saturated carbocycles. The van der Waals surface area contributed by atoms with Gasteiger partial charge in [0.05, 0.1) is 7.11 Å². The molecule has 0 bridgehead atoms. The average molecular weight is 479 g/mol. The molecule has 0 unspecified atom stereocenters. The van der Waals surface area contributed by atoms with Gasteiger partial charge < -0.3 is 4.74 Å². The van der Waals surface area contributed by atoms with Crippen molar-refractivity contribution in [1.29, 1.82) is 0 Å². The van der Waals surface area contributed by atoms with Crippen LogP contribution in [0.4, 0.5) is 0 Å². The van der Waals surface area contributed by atoms with Gasteiger partial charge in [0.1, 0.15) is 0 Å². The molecule has 2 heteroatoms. The van der Waals surface area contributed by atoms with Gasteiger partial charge in [0.2, 0.25) is 0 Å². The Hall–Kier alpha value is -0.790. The number of rotatable bonds is 27. The van der Waals surface area contributed by atoms with Crippen LogP contribution in [-0.4, -0.2) is 13.1 Å². The van der Waals surface area contributed by atoms with E-state index in [0.29, 0.717) is 0 Å². The molecule has 0 aliphatic heterocycles. The summed E-state index contributed by atoms with van der Waals surface area (Å²) in [6.45, 7) is 4.56. The minimum atomic E-state index is -0.112. The van der Waals surface area contributed by atoms with Crippen LogP contribution in [-0.2, 0) is 9.53 Å². The summed E-state index contributed by atoms with van der Waals surface area (Å²) in [7, 11) is 1.51. The van der Waals surface area contributed by atoms with Crippen LogP contribution < -0.4 is 0 Å². The summed E-state index contributed by atoms with van der Waals surface area (Å²) in [4.78, 5) is 12.1. The van der Waals surface area contributed by atoms with Crippen LogP contribution in [0.15, 0.2) is 11.6 Å². The number of carbonyl (C=O) groups is 1. The normalized spacial score (nSPS) is 11.8. The first-order chi connectivity index (χ1) is 16.8. The predicted molar refractivity (Wildman–Crippen MR) is 151 cm³/mol. The van der Waals surface area contributed by atoms with Crippen LogP contribution in [0.3, 0.4) is 0 Å². The molecule has 0 aromatic heterocycles. The molecule has 0 aromatic rings. The topological polar surface area (TPSA) is 26.3 Å². The minimum absolute atomic E-state index is 0.112. The van der Waals surface area contributed by atoms with E-state index in [4.69, 9.17) is 4.74 Å². The summed E-state index contributed by atoms with van der Waals surface area (Å²) in [6, 6.07) is 0. The highest BCUT2D eigenvalue weighted by Gasteiger charge is 2.08. The lowest BCUT2D eigenvalue weighted by Crippen LogP contribution is -2.05. The van der Waals surface area contributed by atoms with E-state index in [2.05, 4.69) is 19.9 Å². The van der Waals surface area contributed by atoms with Crippen molar-refractivity contribution in [3.05, 3.63) is 11.6 Å². The lowest BCUT2D eigenvalue weighted by atomic mass is 10.0. The summed E-state index contributed by atoms with van der Waals surface area (Å²) in [5.74, 6) is -0.112. The molecule has 34 heavy (non-hydrogen) atoms. The van der Waals surface area contributed by atoms with Crippen LogP contribution in [0.5, 0.6) is 0 Å². The van der Waals surface area contributed by atoms with Crippen molar-refractivity contribution in [3.63, 3.8) is 0 Å². The number of esters is 1. The fourth-order valence-electron chi connectivity index (χ4n) is 4.84. The Labute approximate surface area is 215 Å². The molecule has 0 atom stereocenters. The summed E-state index contributed by atoms with van der Waals surface area (Å²) in [5, 5.41) is 0. The molecular weight excluding hydrogens is 416 g/mol. The van der Waals surface area contributed by atoms with Crippen LogP contribution in [0, 0.1) is 0 Å². The maximum atomic E-state index is 12.1. The second-order valence-electron chi connectivity index (χ2n) is 10.5. The molecule has 0 aliphatic rings. The van der Waals surface area contributed by atoms with E-state index in [-0.39, 0.29) is 5.97 Å². The zero-order chi connectivity index (χ0) is 25.0. The fourth-order valence-corrected chi connectivity index (χ4v) is 4.84. The molecular formula is C32H62O2. The SMILES string of the molecule is CCCCCCCCCCCCCCCCCCC=C(CCCCCCCCCC)C(=O)OC. The van der Waals surface area contributed by atoms with E-state index in [9.17, 15) is 4.79 Å². The minimum Gasteiger partial charge on any atom is -0.466 e. The zero-order valence-electron chi connectivity index (χ0n) is 23.8. The third kappa shape index (κ3) is 24.3. The van der Waals surface area contributed by atoms with Crippen molar-refractivity contribution in [1.82, 2.24) is 0 Å². The Bertz CT molecular complexity index is 440. The Morgan fingerprint density at radius 2 is 0.824 bits per heavy atom. The molecule has 2 nitrogen and oxygen atoms in total. The smallest absolute Gasteiger partial charge is 0.333 e. The molecule has 0 heterocycles. The van der Waals surface area contributed by atoms with Gasteiger partial charge in [-0.3, -0.25) is 0 Å². The molecule has 0 amide bonds. The highest BCUT2D eigenvalue weighted by atomic mass is 16.5. The molecule has 0 N–H and O–H groups in total. The quantitative estimate of drug-likeness (QED) is 0.0666. The molecule has 202 valence electrons. The number of carbonyl (C=O) groups excluding carboxylic acids is 1. The summed E-state index contributed by atoms with van der Waals surface area (Å²) in [5.41, 5.74) is 0.912. The number of hydrogen-bond acceptors (Lipinski definition) is 2. The van der Waals surface area contributed by atoms with Gasteiger partial charge in [-0.25, -0.2) is 4.79 Å². The number of methoxy groups -OCH3 is 1. The van der Waals surface area contributed by atoms with Crippen molar-refractivity contribution >= 4 is 5.97 Å². The van der Waals surface area contributed by atoms with Crippen molar-refractivity contribution in [2.75, 3.05) is 7.11 Å². The largest absolute Gasteiger partial charge is 0.466 e. The number of ether oxygens (including phenoxy) is 1. The van der Waals surface area contributed by atoms with Gasteiger partial charge in [0, 0.05) is 5.57 Å². The molecule has 0 saturated heterocycles. The van der Waals surface area contributed by atoms with Gasteiger partial charge in [-0.05, 0) is 25.7 Å². The lowest BCUT2D eigenvalue weighted by Gasteiger charge is -2.06. The van der Waals surface area contributed by atoms with E-state index in [1.165, 1.54) is 155 Å². The maximum absolute atomic E-state index is 12.1. The van der Waals surface area contributed by atoms with E-state index >= 15 is 0 Å². The standard InChI is InChI=1S/C32H62O2/c1-4-6-8-10-12-14-15-16-17-18-19-20-21-22-24-26-28-30-31(32(33)34-3)29-27-25-23-13-11-9-7-5-2/h30H,4-29H2,1-3H3. The number of allylic oxidation sites excluding steroid dienone is 1. The first-order valence-electron chi connectivity index (χ1n) is 15.5. The number of hydrogen-bond donors (Lipinski definition) is 0. The van der Waals surface area contributed by atoms with Crippen molar-refractivity contribution in [2.24, 2.45) is 0 Å². The van der Waals surface area contributed by atoms with Crippen molar-refractivity contribution < 1.29 is 9.53 Å². The summed E-state index contributed by atoms with van der Waals surface area (Å²) < 4.78 is 5.01. The Morgan fingerprint density at radius 3 is 1.18 bits per heavy atom. The van der Waals surface area contributed by atoms with Crippen molar-refractivity contribution in [2.45, 2.75) is 181 Å². The average Bonchev–Trinajstić information content (AvgIpc) is 2.85. The highest BCUT2D eigenvalue weighted by Crippen LogP contribution is 2.17. The molecule has 0 spiro atoms. The third-order valence-corrected chi connectivity index (χ3v) is 7.20. The monoisotopic (exact) mass is 478 g/mol. The molecule has 0 aromatic carbocycles. The van der Waals surface area contributed by atoms with Gasteiger partial charge in [0.25, 0.3) is 0 Å². The molecule has 0 rings (SSSR count). The van der Waals surface area contributed by atoms with Gasteiger partial charge in [0.15, 0.2) is 0 Å². The molecule has 0 radical (unpaired) electrons.